The Kier molecular flexibility index (Phi) is 8.51. The zero-order valence-electron chi connectivity index (χ0n) is 8.78. The van der Waals surface area contributed by atoms with Crippen molar-refractivity contribution in [3.63, 3.8) is 0 Å². The number of ether oxygens (including phenoxy) is 2. The average molecular weight is 205 g/mol. The molecule has 0 amide bonds. The van der Waals surface area contributed by atoms with E-state index in [0.717, 1.165) is 26.3 Å². The third-order valence-corrected chi connectivity index (χ3v) is 1.47. The fraction of sp³-hybridized carbons (Fsp3) is 0.889. The van der Waals surface area contributed by atoms with Gasteiger partial charge in [-0.2, -0.15) is 0 Å². The molecule has 0 aliphatic carbocycles. The molecule has 5 heteroatoms. The maximum atomic E-state index is 10.3. The van der Waals surface area contributed by atoms with Crippen LogP contribution in [0.4, 0.5) is 0 Å². The summed E-state index contributed by atoms with van der Waals surface area (Å²) in [6, 6.07) is 0. The van der Waals surface area contributed by atoms with E-state index in [0.29, 0.717) is 6.61 Å². The summed E-state index contributed by atoms with van der Waals surface area (Å²) in [5.41, 5.74) is 0. The van der Waals surface area contributed by atoms with E-state index in [-0.39, 0.29) is 0 Å². The van der Waals surface area contributed by atoms with Crippen LogP contribution in [0.25, 0.3) is 0 Å². The lowest BCUT2D eigenvalue weighted by Crippen LogP contribution is -2.30. The predicted octanol–water partition coefficient (Wildman–Crippen LogP) is -0.463. The first-order valence-electron chi connectivity index (χ1n) is 4.81. The van der Waals surface area contributed by atoms with E-state index in [9.17, 15) is 4.79 Å². The summed E-state index contributed by atoms with van der Waals surface area (Å²) in [6.07, 6.45) is -0.991. The highest BCUT2D eigenvalue weighted by molar-refractivity contribution is 5.73. The van der Waals surface area contributed by atoms with E-state index in [1.165, 1.54) is 6.92 Å². The molecule has 84 valence electrons. The number of carbonyl (C=O) groups excluding carboxylic acids is 1. The molecule has 1 aliphatic heterocycles. The largest absolute Gasteiger partial charge is 0.464 e. The number of esters is 1. The Hall–Kier alpha value is -0.650. The third-order valence-electron chi connectivity index (χ3n) is 1.47. The van der Waals surface area contributed by atoms with Gasteiger partial charge >= 0.3 is 5.97 Å². The van der Waals surface area contributed by atoms with Crippen molar-refractivity contribution in [1.82, 2.24) is 5.32 Å². The first-order valence-corrected chi connectivity index (χ1v) is 4.81. The predicted molar refractivity (Wildman–Crippen MR) is 52.0 cm³/mol. The Morgan fingerprint density at radius 1 is 1.57 bits per heavy atom. The summed E-state index contributed by atoms with van der Waals surface area (Å²) in [5.74, 6) is -0.562. The molecule has 0 aromatic rings. The molecule has 1 fully saturated rings. The number of nitrogens with one attached hydrogen (secondary N) is 1. The number of rotatable bonds is 2. The second-order valence-corrected chi connectivity index (χ2v) is 2.79. The van der Waals surface area contributed by atoms with Gasteiger partial charge in [0, 0.05) is 13.1 Å². The third kappa shape index (κ3) is 7.97. The second-order valence-electron chi connectivity index (χ2n) is 2.79. The number of morpholine rings is 1. The highest BCUT2D eigenvalue weighted by Gasteiger charge is 2.07. The summed E-state index contributed by atoms with van der Waals surface area (Å²) < 4.78 is 9.42. The Morgan fingerprint density at radius 2 is 2.14 bits per heavy atom. The topological polar surface area (TPSA) is 67.8 Å². The molecular weight excluding hydrogens is 186 g/mol. The Labute approximate surface area is 84.4 Å². The van der Waals surface area contributed by atoms with E-state index in [4.69, 9.17) is 9.84 Å². The van der Waals surface area contributed by atoms with Gasteiger partial charge in [-0.1, -0.05) is 0 Å². The average Bonchev–Trinajstić information content (AvgIpc) is 2.21. The van der Waals surface area contributed by atoms with Crippen molar-refractivity contribution < 1.29 is 19.4 Å². The van der Waals surface area contributed by atoms with Crippen LogP contribution in [0.5, 0.6) is 0 Å². The number of aliphatic hydroxyl groups is 1. The van der Waals surface area contributed by atoms with Crippen molar-refractivity contribution in [1.29, 1.82) is 0 Å². The molecular formula is C9H19NO4. The highest BCUT2D eigenvalue weighted by atomic mass is 16.5. The van der Waals surface area contributed by atoms with Gasteiger partial charge in [-0.05, 0) is 13.8 Å². The number of carbonyl (C=O) groups is 1. The monoisotopic (exact) mass is 205 g/mol. The molecule has 1 unspecified atom stereocenters. The molecule has 1 heterocycles. The minimum Gasteiger partial charge on any atom is -0.464 e. The van der Waals surface area contributed by atoms with Gasteiger partial charge < -0.3 is 19.9 Å². The minimum atomic E-state index is -0.991. The van der Waals surface area contributed by atoms with Gasteiger partial charge in [0.2, 0.25) is 0 Å². The van der Waals surface area contributed by atoms with Crippen molar-refractivity contribution in [2.24, 2.45) is 0 Å². The van der Waals surface area contributed by atoms with E-state index in [1.54, 1.807) is 6.92 Å². The summed E-state index contributed by atoms with van der Waals surface area (Å²) >= 11 is 0. The van der Waals surface area contributed by atoms with E-state index >= 15 is 0 Å². The van der Waals surface area contributed by atoms with Gasteiger partial charge in [-0.3, -0.25) is 0 Å². The fourth-order valence-corrected chi connectivity index (χ4v) is 0.779. The lowest BCUT2D eigenvalue weighted by molar-refractivity contribution is -0.151. The summed E-state index contributed by atoms with van der Waals surface area (Å²) in [5, 5.41) is 11.6. The van der Waals surface area contributed by atoms with E-state index in [2.05, 4.69) is 10.1 Å². The normalized spacial score (nSPS) is 17.6. The summed E-state index contributed by atoms with van der Waals surface area (Å²) in [4.78, 5) is 10.3. The second kappa shape index (κ2) is 8.93. The lowest BCUT2D eigenvalue weighted by Gasteiger charge is -2.10. The molecule has 0 aromatic heterocycles. The van der Waals surface area contributed by atoms with Crippen molar-refractivity contribution in [2.75, 3.05) is 32.9 Å². The van der Waals surface area contributed by atoms with E-state index in [1.807, 2.05) is 0 Å². The quantitative estimate of drug-likeness (QED) is 0.597. The molecule has 0 radical (unpaired) electrons. The Bertz CT molecular complexity index is 134. The van der Waals surface area contributed by atoms with Gasteiger partial charge in [0.25, 0.3) is 0 Å². The number of hydrogen-bond acceptors (Lipinski definition) is 5. The molecule has 0 bridgehead atoms. The first-order chi connectivity index (χ1) is 6.68. The van der Waals surface area contributed by atoms with Crippen LogP contribution in [0.15, 0.2) is 0 Å². The van der Waals surface area contributed by atoms with Gasteiger partial charge in [0.05, 0.1) is 19.8 Å². The van der Waals surface area contributed by atoms with Crippen LogP contribution in [-0.2, 0) is 14.3 Å². The van der Waals surface area contributed by atoms with Crippen LogP contribution in [0.1, 0.15) is 13.8 Å². The zero-order chi connectivity index (χ0) is 10.8. The fourth-order valence-electron chi connectivity index (χ4n) is 0.779. The van der Waals surface area contributed by atoms with Crippen LogP contribution in [0.2, 0.25) is 0 Å². The maximum Gasteiger partial charge on any atom is 0.334 e. The van der Waals surface area contributed by atoms with Crippen molar-refractivity contribution in [2.45, 2.75) is 20.0 Å². The first kappa shape index (κ1) is 13.4. The van der Waals surface area contributed by atoms with Crippen LogP contribution >= 0.6 is 0 Å². The molecule has 1 rings (SSSR count). The standard InChI is InChI=1S/C5H10O3.C4H9NO/c1-3-8-5(7)4(2)6;1-3-6-4-2-5-1/h4,6H,3H2,1-2H3;5H,1-4H2. The van der Waals surface area contributed by atoms with Gasteiger partial charge in [0.15, 0.2) is 0 Å². The number of hydrogen-bond donors (Lipinski definition) is 2. The van der Waals surface area contributed by atoms with Gasteiger partial charge in [-0.15, -0.1) is 0 Å². The molecule has 0 spiro atoms. The molecule has 1 atom stereocenters. The zero-order valence-corrected chi connectivity index (χ0v) is 8.78. The summed E-state index contributed by atoms with van der Waals surface area (Å²) in [6.45, 7) is 7.22. The molecule has 2 N–H and O–H groups in total. The Morgan fingerprint density at radius 3 is 2.29 bits per heavy atom. The smallest absolute Gasteiger partial charge is 0.334 e. The van der Waals surface area contributed by atoms with Crippen LogP contribution in [0, 0.1) is 0 Å². The van der Waals surface area contributed by atoms with Crippen molar-refractivity contribution >= 4 is 5.97 Å². The van der Waals surface area contributed by atoms with Crippen LogP contribution in [-0.4, -0.2) is 50.1 Å². The maximum absolute atomic E-state index is 10.3. The van der Waals surface area contributed by atoms with Gasteiger partial charge in [0.1, 0.15) is 6.10 Å². The SMILES string of the molecule is C1COCCN1.CCOC(=O)C(C)O. The van der Waals surface area contributed by atoms with Crippen molar-refractivity contribution in [3.05, 3.63) is 0 Å². The van der Waals surface area contributed by atoms with Crippen molar-refractivity contribution in [3.8, 4) is 0 Å². The molecule has 1 aliphatic rings. The van der Waals surface area contributed by atoms with E-state index < -0.39 is 12.1 Å². The van der Waals surface area contributed by atoms with Crippen LogP contribution in [0.3, 0.4) is 0 Å². The van der Waals surface area contributed by atoms with Crippen LogP contribution < -0.4 is 5.32 Å². The lowest BCUT2D eigenvalue weighted by atomic mass is 10.4. The number of aliphatic hydroxyl groups excluding tert-OH is 1. The molecule has 0 saturated carbocycles. The Balaban J connectivity index is 0.000000249. The highest BCUT2D eigenvalue weighted by Crippen LogP contribution is 1.84. The molecule has 1 saturated heterocycles. The molecule has 5 nitrogen and oxygen atoms in total. The minimum absolute atomic E-state index is 0.323. The van der Waals surface area contributed by atoms with Gasteiger partial charge in [-0.25, -0.2) is 4.79 Å². The molecule has 14 heavy (non-hydrogen) atoms. The summed E-state index contributed by atoms with van der Waals surface area (Å²) in [7, 11) is 0. The molecule has 0 aromatic carbocycles.